The second kappa shape index (κ2) is 9.07. The summed E-state index contributed by atoms with van der Waals surface area (Å²) in [4.78, 5) is 35.1. The van der Waals surface area contributed by atoms with Gasteiger partial charge in [0, 0.05) is 6.92 Å². The van der Waals surface area contributed by atoms with Crippen molar-refractivity contribution < 1.29 is 28.6 Å². The van der Waals surface area contributed by atoms with Crippen LogP contribution in [0.1, 0.15) is 41.5 Å². The molecule has 7 nitrogen and oxygen atoms in total. The summed E-state index contributed by atoms with van der Waals surface area (Å²) in [5.41, 5.74) is -0.721. The Hall–Kier alpha value is -2.05. The smallest absolute Gasteiger partial charge is 0.408 e. The van der Waals surface area contributed by atoms with Crippen LogP contribution in [0.4, 0.5) is 4.79 Å². The number of hydrogen-bond donors (Lipinski definition) is 1. The van der Waals surface area contributed by atoms with E-state index in [-0.39, 0.29) is 6.61 Å². The summed E-state index contributed by atoms with van der Waals surface area (Å²) in [6.07, 6.45) is 1.32. The first-order chi connectivity index (χ1) is 10.1. The fraction of sp³-hybridized carbons (Fsp3) is 0.667. The number of rotatable bonds is 6. The van der Waals surface area contributed by atoms with Crippen molar-refractivity contribution in [2.24, 2.45) is 0 Å². The Labute approximate surface area is 131 Å². The van der Waals surface area contributed by atoms with Gasteiger partial charge in [-0.25, -0.2) is 9.59 Å². The van der Waals surface area contributed by atoms with Crippen molar-refractivity contribution in [3.63, 3.8) is 0 Å². The molecular weight excluding hydrogens is 290 g/mol. The molecule has 7 heteroatoms. The van der Waals surface area contributed by atoms with Gasteiger partial charge in [-0.05, 0) is 40.7 Å². The maximum absolute atomic E-state index is 12.0. The largest absolute Gasteiger partial charge is 0.464 e. The fourth-order valence-electron chi connectivity index (χ4n) is 1.54. The molecule has 0 aliphatic rings. The molecule has 0 aromatic heterocycles. The first-order valence-electron chi connectivity index (χ1n) is 7.07. The van der Waals surface area contributed by atoms with E-state index in [2.05, 4.69) is 5.32 Å². The predicted molar refractivity (Wildman–Crippen MR) is 80.2 cm³/mol. The molecule has 0 heterocycles. The van der Waals surface area contributed by atoms with E-state index in [9.17, 15) is 14.4 Å². The van der Waals surface area contributed by atoms with E-state index in [1.165, 1.54) is 13.0 Å². The zero-order chi connectivity index (χ0) is 17.3. The molecule has 0 saturated carbocycles. The highest BCUT2D eigenvalue weighted by atomic mass is 16.6. The van der Waals surface area contributed by atoms with Gasteiger partial charge in [0.05, 0.1) is 6.61 Å². The number of carbonyl (C=O) groups is 3. The third kappa shape index (κ3) is 8.28. The first kappa shape index (κ1) is 19.9. The molecule has 22 heavy (non-hydrogen) atoms. The molecule has 0 radical (unpaired) electrons. The summed E-state index contributed by atoms with van der Waals surface area (Å²) >= 11 is 0. The fourth-order valence-corrected chi connectivity index (χ4v) is 1.54. The minimum Gasteiger partial charge on any atom is -0.464 e. The van der Waals surface area contributed by atoms with E-state index in [4.69, 9.17) is 14.2 Å². The van der Waals surface area contributed by atoms with Gasteiger partial charge in [0.1, 0.15) is 5.60 Å². The average Bonchev–Trinajstić information content (AvgIpc) is 2.33. The van der Waals surface area contributed by atoms with E-state index in [1.807, 2.05) is 0 Å². The van der Waals surface area contributed by atoms with Crippen LogP contribution in [0.15, 0.2) is 12.2 Å². The molecule has 2 atom stereocenters. The van der Waals surface area contributed by atoms with E-state index in [1.54, 1.807) is 40.7 Å². The standard InChI is InChI=1S/C15H25NO6/c1-7-9-11(21-10(3)17)12(13(18)20-8-2)16-14(19)22-15(4,5)6/h7,9,11-12H,8H2,1-6H3,(H,16,19)/b9-7+. The number of carbonyl (C=O) groups excluding carboxylic acids is 3. The van der Waals surface area contributed by atoms with E-state index in [0.29, 0.717) is 0 Å². The Morgan fingerprint density at radius 3 is 2.23 bits per heavy atom. The molecule has 0 aliphatic carbocycles. The molecule has 0 bridgehead atoms. The molecule has 2 unspecified atom stereocenters. The summed E-state index contributed by atoms with van der Waals surface area (Å²) in [5.74, 6) is -1.29. The number of nitrogens with one attached hydrogen (secondary N) is 1. The van der Waals surface area contributed by atoms with E-state index < -0.39 is 35.8 Å². The number of amides is 1. The van der Waals surface area contributed by atoms with Gasteiger partial charge in [-0.3, -0.25) is 4.79 Å². The number of alkyl carbamates (subject to hydrolysis) is 1. The third-order valence-electron chi connectivity index (χ3n) is 2.23. The van der Waals surface area contributed by atoms with Crippen LogP contribution in [0.2, 0.25) is 0 Å². The van der Waals surface area contributed by atoms with Gasteiger partial charge in [-0.2, -0.15) is 0 Å². The van der Waals surface area contributed by atoms with Crippen molar-refractivity contribution in [2.45, 2.75) is 59.3 Å². The number of hydrogen-bond acceptors (Lipinski definition) is 6. The Morgan fingerprint density at radius 2 is 1.82 bits per heavy atom. The van der Waals surface area contributed by atoms with Crippen LogP contribution < -0.4 is 5.32 Å². The van der Waals surface area contributed by atoms with Gasteiger partial charge >= 0.3 is 18.0 Å². The summed E-state index contributed by atoms with van der Waals surface area (Å²) in [6.45, 7) is 9.77. The van der Waals surface area contributed by atoms with Gasteiger partial charge in [-0.1, -0.05) is 6.08 Å². The number of allylic oxidation sites excluding steroid dienone is 1. The molecule has 0 rings (SSSR count). The van der Waals surface area contributed by atoms with Crippen LogP contribution in [0.3, 0.4) is 0 Å². The van der Waals surface area contributed by atoms with Gasteiger partial charge < -0.3 is 19.5 Å². The average molecular weight is 315 g/mol. The van der Waals surface area contributed by atoms with Crippen LogP contribution >= 0.6 is 0 Å². The molecule has 0 aromatic rings. The van der Waals surface area contributed by atoms with Crippen LogP contribution in [-0.4, -0.2) is 42.4 Å². The predicted octanol–water partition coefficient (Wildman–Crippen LogP) is 1.95. The second-order valence-electron chi connectivity index (χ2n) is 5.48. The minimum atomic E-state index is -1.19. The van der Waals surface area contributed by atoms with Gasteiger partial charge in [0.25, 0.3) is 0 Å². The zero-order valence-electron chi connectivity index (χ0n) is 14.0. The van der Waals surface area contributed by atoms with Gasteiger partial charge in [0.15, 0.2) is 12.1 Å². The monoisotopic (exact) mass is 315 g/mol. The van der Waals surface area contributed by atoms with Crippen LogP contribution in [0, 0.1) is 0 Å². The van der Waals surface area contributed by atoms with Crippen LogP contribution in [0.5, 0.6) is 0 Å². The van der Waals surface area contributed by atoms with Crippen molar-refractivity contribution in [1.82, 2.24) is 5.32 Å². The molecular formula is C15H25NO6. The Balaban J connectivity index is 5.20. The lowest BCUT2D eigenvalue weighted by Gasteiger charge is -2.26. The van der Waals surface area contributed by atoms with Crippen molar-refractivity contribution in [3.8, 4) is 0 Å². The SMILES string of the molecule is C/C=C/C(OC(C)=O)C(NC(=O)OC(C)(C)C)C(=O)OCC. The lowest BCUT2D eigenvalue weighted by Crippen LogP contribution is -2.51. The maximum Gasteiger partial charge on any atom is 0.408 e. The maximum atomic E-state index is 12.0. The highest BCUT2D eigenvalue weighted by molar-refractivity contribution is 5.83. The Bertz CT molecular complexity index is 424. The topological polar surface area (TPSA) is 90.9 Å². The summed E-state index contributed by atoms with van der Waals surface area (Å²) in [6, 6.07) is -1.19. The van der Waals surface area contributed by atoms with Crippen molar-refractivity contribution >= 4 is 18.0 Å². The van der Waals surface area contributed by atoms with Crippen molar-refractivity contribution in [1.29, 1.82) is 0 Å². The normalized spacial score (nSPS) is 14.1. The molecule has 0 fully saturated rings. The molecule has 0 aromatic carbocycles. The third-order valence-corrected chi connectivity index (χ3v) is 2.23. The Morgan fingerprint density at radius 1 is 1.23 bits per heavy atom. The van der Waals surface area contributed by atoms with Crippen molar-refractivity contribution in [2.75, 3.05) is 6.61 Å². The van der Waals surface area contributed by atoms with E-state index >= 15 is 0 Å². The van der Waals surface area contributed by atoms with Crippen molar-refractivity contribution in [3.05, 3.63) is 12.2 Å². The number of ether oxygens (including phenoxy) is 3. The zero-order valence-corrected chi connectivity index (χ0v) is 14.0. The molecule has 126 valence electrons. The second-order valence-corrected chi connectivity index (χ2v) is 5.48. The molecule has 0 saturated heterocycles. The van der Waals surface area contributed by atoms with Gasteiger partial charge in [0.2, 0.25) is 0 Å². The summed E-state index contributed by atoms with van der Waals surface area (Å²) in [5, 5.41) is 2.38. The van der Waals surface area contributed by atoms with Crippen LogP contribution in [0.25, 0.3) is 0 Å². The Kier molecular flexibility index (Phi) is 8.22. The highest BCUT2D eigenvalue weighted by Gasteiger charge is 2.33. The number of esters is 2. The first-order valence-corrected chi connectivity index (χ1v) is 7.07. The minimum absolute atomic E-state index is 0.133. The molecule has 0 aliphatic heterocycles. The van der Waals surface area contributed by atoms with Gasteiger partial charge in [-0.15, -0.1) is 0 Å². The highest BCUT2D eigenvalue weighted by Crippen LogP contribution is 2.10. The summed E-state index contributed by atoms with van der Waals surface area (Å²) in [7, 11) is 0. The quantitative estimate of drug-likeness (QED) is 0.458. The summed E-state index contributed by atoms with van der Waals surface area (Å²) < 4.78 is 15.1. The molecule has 1 N–H and O–H groups in total. The lowest BCUT2D eigenvalue weighted by atomic mass is 10.1. The molecule has 1 amide bonds. The van der Waals surface area contributed by atoms with E-state index in [0.717, 1.165) is 0 Å². The lowest BCUT2D eigenvalue weighted by molar-refractivity contribution is -0.154. The van der Waals surface area contributed by atoms with Crippen LogP contribution in [-0.2, 0) is 23.8 Å². The molecule has 0 spiro atoms.